The maximum absolute atomic E-state index is 11.8. The first-order valence-corrected chi connectivity index (χ1v) is 10.8. The van der Waals surface area contributed by atoms with Gasteiger partial charge in [-0.2, -0.15) is 0 Å². The number of guanidine groups is 1. The molecule has 168 valence electrons. The van der Waals surface area contributed by atoms with Crippen molar-refractivity contribution >= 4 is 47.4 Å². The first kappa shape index (κ1) is 25.3. The van der Waals surface area contributed by atoms with Crippen LogP contribution in [0, 0.1) is 0 Å². The van der Waals surface area contributed by atoms with Crippen molar-refractivity contribution in [3.05, 3.63) is 64.7 Å². The van der Waals surface area contributed by atoms with Gasteiger partial charge in [0, 0.05) is 24.2 Å². The fourth-order valence-electron chi connectivity index (χ4n) is 2.91. The third-order valence-corrected chi connectivity index (χ3v) is 4.81. The van der Waals surface area contributed by atoms with E-state index in [0.717, 1.165) is 48.9 Å². The SMILES string of the molecule is CCNC(=NCc1cccc(OCC(=O)NC2CC2)c1)NCCc1cccc(Cl)c1.I. The number of hydrogen-bond donors (Lipinski definition) is 3. The Balaban J connectivity index is 0.00000341. The number of carbonyl (C=O) groups excluding carboxylic acids is 1. The average Bonchev–Trinajstić information content (AvgIpc) is 3.55. The molecule has 0 spiro atoms. The predicted molar refractivity (Wildman–Crippen MR) is 136 cm³/mol. The van der Waals surface area contributed by atoms with Crippen molar-refractivity contribution in [1.29, 1.82) is 0 Å². The molecule has 0 bridgehead atoms. The summed E-state index contributed by atoms with van der Waals surface area (Å²) in [4.78, 5) is 16.4. The second kappa shape index (κ2) is 13.4. The number of amides is 1. The van der Waals surface area contributed by atoms with Gasteiger partial charge in [-0.3, -0.25) is 4.79 Å². The molecule has 0 aromatic heterocycles. The highest BCUT2D eigenvalue weighted by molar-refractivity contribution is 14.0. The number of benzene rings is 2. The van der Waals surface area contributed by atoms with Gasteiger partial charge in [0.25, 0.3) is 5.91 Å². The molecule has 0 atom stereocenters. The van der Waals surface area contributed by atoms with Gasteiger partial charge in [0.05, 0.1) is 6.54 Å². The Kier molecular flexibility index (Phi) is 10.9. The van der Waals surface area contributed by atoms with Gasteiger partial charge in [-0.25, -0.2) is 4.99 Å². The molecule has 0 radical (unpaired) electrons. The Morgan fingerprint density at radius 2 is 1.90 bits per heavy atom. The molecular weight excluding hydrogens is 527 g/mol. The lowest BCUT2D eigenvalue weighted by Crippen LogP contribution is -2.38. The maximum Gasteiger partial charge on any atom is 0.258 e. The third-order valence-electron chi connectivity index (χ3n) is 4.57. The van der Waals surface area contributed by atoms with Crippen LogP contribution in [-0.4, -0.2) is 37.6 Å². The first-order valence-electron chi connectivity index (χ1n) is 10.4. The highest BCUT2D eigenvalue weighted by Crippen LogP contribution is 2.18. The van der Waals surface area contributed by atoms with E-state index in [-0.39, 0.29) is 36.5 Å². The van der Waals surface area contributed by atoms with Crippen LogP contribution in [0.15, 0.2) is 53.5 Å². The molecule has 6 nitrogen and oxygen atoms in total. The number of halogens is 2. The molecule has 1 fully saturated rings. The third kappa shape index (κ3) is 9.78. The van der Waals surface area contributed by atoms with E-state index in [1.807, 2.05) is 49.4 Å². The number of ether oxygens (including phenoxy) is 1. The Hall–Kier alpha value is -2.00. The molecule has 3 rings (SSSR count). The predicted octanol–water partition coefficient (Wildman–Crippen LogP) is 3.91. The standard InChI is InChI=1S/C23H29ClN4O2.HI/c1-2-25-23(26-12-11-17-5-3-7-19(24)13-17)27-15-18-6-4-8-21(14-18)30-16-22(29)28-20-9-10-20;/h3-8,13-14,20H,2,9-12,15-16H2,1H3,(H,28,29)(H2,25,26,27);1H. The normalized spacial score (nSPS) is 13.2. The molecule has 8 heteroatoms. The van der Waals surface area contributed by atoms with Crippen LogP contribution in [0.1, 0.15) is 30.9 Å². The van der Waals surface area contributed by atoms with Crippen LogP contribution in [0.5, 0.6) is 5.75 Å². The van der Waals surface area contributed by atoms with E-state index in [9.17, 15) is 4.79 Å². The van der Waals surface area contributed by atoms with Crippen LogP contribution in [0.3, 0.4) is 0 Å². The van der Waals surface area contributed by atoms with Crippen LogP contribution in [0.25, 0.3) is 0 Å². The molecule has 3 N–H and O–H groups in total. The summed E-state index contributed by atoms with van der Waals surface area (Å²) in [7, 11) is 0. The molecule has 0 saturated heterocycles. The van der Waals surface area contributed by atoms with Gasteiger partial charge in [-0.05, 0) is 61.6 Å². The molecule has 0 heterocycles. The lowest BCUT2D eigenvalue weighted by atomic mass is 10.1. The van der Waals surface area contributed by atoms with Gasteiger partial charge in [0.1, 0.15) is 5.75 Å². The molecule has 1 amide bonds. The van der Waals surface area contributed by atoms with Crippen LogP contribution in [0.2, 0.25) is 5.02 Å². The van der Waals surface area contributed by atoms with E-state index >= 15 is 0 Å². The highest BCUT2D eigenvalue weighted by Gasteiger charge is 2.23. The van der Waals surface area contributed by atoms with Gasteiger partial charge in [0.2, 0.25) is 0 Å². The van der Waals surface area contributed by atoms with Crippen molar-refractivity contribution in [3.8, 4) is 5.75 Å². The van der Waals surface area contributed by atoms with E-state index < -0.39 is 0 Å². The van der Waals surface area contributed by atoms with E-state index in [1.54, 1.807) is 0 Å². The zero-order valence-electron chi connectivity index (χ0n) is 17.7. The van der Waals surface area contributed by atoms with E-state index in [2.05, 4.69) is 27.0 Å². The van der Waals surface area contributed by atoms with Crippen molar-refractivity contribution in [2.45, 2.75) is 38.8 Å². The summed E-state index contributed by atoms with van der Waals surface area (Å²) in [5.41, 5.74) is 2.20. The summed E-state index contributed by atoms with van der Waals surface area (Å²) < 4.78 is 5.61. The van der Waals surface area contributed by atoms with Gasteiger partial charge in [-0.1, -0.05) is 35.9 Å². The van der Waals surface area contributed by atoms with Gasteiger partial charge < -0.3 is 20.7 Å². The first-order chi connectivity index (χ1) is 14.6. The van der Waals surface area contributed by atoms with Crippen LogP contribution < -0.4 is 20.7 Å². The summed E-state index contributed by atoms with van der Waals surface area (Å²) in [6, 6.07) is 15.9. The number of rotatable bonds is 10. The number of nitrogens with one attached hydrogen (secondary N) is 3. The lowest BCUT2D eigenvalue weighted by Gasteiger charge is -2.12. The Bertz CT molecular complexity index is 874. The molecular formula is C23H30ClIN4O2. The number of aliphatic imine (C=N–C) groups is 1. The Labute approximate surface area is 206 Å². The van der Waals surface area contributed by atoms with Crippen molar-refractivity contribution in [3.63, 3.8) is 0 Å². The molecule has 1 saturated carbocycles. The van der Waals surface area contributed by atoms with Crippen LogP contribution in [0.4, 0.5) is 0 Å². The molecule has 2 aromatic rings. The molecule has 31 heavy (non-hydrogen) atoms. The minimum Gasteiger partial charge on any atom is -0.484 e. The van der Waals surface area contributed by atoms with E-state index in [1.165, 1.54) is 5.56 Å². The molecule has 1 aliphatic carbocycles. The molecule has 1 aliphatic rings. The zero-order chi connectivity index (χ0) is 21.2. The van der Waals surface area contributed by atoms with Gasteiger partial charge in [0.15, 0.2) is 12.6 Å². The van der Waals surface area contributed by atoms with Gasteiger partial charge >= 0.3 is 0 Å². The second-order valence-corrected chi connectivity index (χ2v) is 7.72. The molecule has 0 aliphatic heterocycles. The summed E-state index contributed by atoms with van der Waals surface area (Å²) >= 11 is 6.04. The highest BCUT2D eigenvalue weighted by atomic mass is 127. The Morgan fingerprint density at radius 1 is 1.13 bits per heavy atom. The number of hydrogen-bond acceptors (Lipinski definition) is 3. The van der Waals surface area contributed by atoms with E-state index in [4.69, 9.17) is 16.3 Å². The monoisotopic (exact) mass is 556 g/mol. The zero-order valence-corrected chi connectivity index (χ0v) is 20.8. The maximum atomic E-state index is 11.8. The minimum absolute atomic E-state index is 0. The van der Waals surface area contributed by atoms with Gasteiger partial charge in [-0.15, -0.1) is 24.0 Å². The largest absolute Gasteiger partial charge is 0.484 e. The number of carbonyl (C=O) groups is 1. The van der Waals surface area contributed by atoms with Crippen molar-refractivity contribution < 1.29 is 9.53 Å². The second-order valence-electron chi connectivity index (χ2n) is 7.28. The molecule has 0 unspecified atom stereocenters. The molecule has 2 aromatic carbocycles. The van der Waals surface area contributed by atoms with E-state index in [0.29, 0.717) is 18.3 Å². The van der Waals surface area contributed by atoms with Crippen LogP contribution in [-0.2, 0) is 17.8 Å². The van der Waals surface area contributed by atoms with Crippen molar-refractivity contribution in [2.75, 3.05) is 19.7 Å². The number of nitrogens with zero attached hydrogens (tertiary/aromatic N) is 1. The fourth-order valence-corrected chi connectivity index (χ4v) is 3.12. The summed E-state index contributed by atoms with van der Waals surface area (Å²) in [5.74, 6) is 1.36. The van der Waals surface area contributed by atoms with Crippen LogP contribution >= 0.6 is 35.6 Å². The van der Waals surface area contributed by atoms with Crippen molar-refractivity contribution in [2.24, 2.45) is 4.99 Å². The summed E-state index contributed by atoms with van der Waals surface area (Å²) in [5, 5.41) is 10.3. The topological polar surface area (TPSA) is 74.8 Å². The fraction of sp³-hybridized carbons (Fsp3) is 0.391. The average molecular weight is 557 g/mol. The lowest BCUT2D eigenvalue weighted by molar-refractivity contribution is -0.123. The Morgan fingerprint density at radius 3 is 2.65 bits per heavy atom. The quantitative estimate of drug-likeness (QED) is 0.236. The summed E-state index contributed by atoms with van der Waals surface area (Å²) in [6.07, 6.45) is 3.00. The van der Waals surface area contributed by atoms with Crippen molar-refractivity contribution in [1.82, 2.24) is 16.0 Å². The summed E-state index contributed by atoms with van der Waals surface area (Å²) in [6.45, 7) is 4.12. The minimum atomic E-state index is -0.0701. The smallest absolute Gasteiger partial charge is 0.258 e.